The standard InChI is InChI=1S/C11H10BrF3INO2/c12-7-1-2-8(16)9(5-7)17-10(18)3-4-19-6-11(13,14)15/h1-2,5H,3-4,6H2,(H,17,18). The molecule has 0 heterocycles. The van der Waals surface area contributed by atoms with Crippen LogP contribution in [0.5, 0.6) is 0 Å². The maximum atomic E-state index is 11.8. The second-order valence-electron chi connectivity index (χ2n) is 3.59. The molecule has 0 saturated carbocycles. The Kier molecular flexibility index (Phi) is 6.54. The number of anilines is 1. The Morgan fingerprint density at radius 1 is 1.42 bits per heavy atom. The van der Waals surface area contributed by atoms with Gasteiger partial charge in [-0.25, -0.2) is 0 Å². The molecule has 0 saturated heterocycles. The van der Waals surface area contributed by atoms with Crippen LogP contribution < -0.4 is 5.32 Å². The number of nitrogens with one attached hydrogen (secondary N) is 1. The van der Waals surface area contributed by atoms with Gasteiger partial charge >= 0.3 is 6.18 Å². The first-order chi connectivity index (χ1) is 8.78. The second-order valence-corrected chi connectivity index (χ2v) is 5.67. The van der Waals surface area contributed by atoms with Crippen LogP contribution >= 0.6 is 38.5 Å². The average molecular weight is 452 g/mol. The van der Waals surface area contributed by atoms with Gasteiger partial charge in [0.25, 0.3) is 0 Å². The summed E-state index contributed by atoms with van der Waals surface area (Å²) in [6.07, 6.45) is -4.49. The van der Waals surface area contributed by atoms with E-state index in [9.17, 15) is 18.0 Å². The molecule has 106 valence electrons. The van der Waals surface area contributed by atoms with Crippen molar-refractivity contribution < 1.29 is 22.7 Å². The molecule has 3 nitrogen and oxygen atoms in total. The molecule has 1 rings (SSSR count). The molecule has 8 heteroatoms. The van der Waals surface area contributed by atoms with Crippen molar-refractivity contribution in [1.82, 2.24) is 0 Å². The normalized spacial score (nSPS) is 11.4. The van der Waals surface area contributed by atoms with E-state index in [-0.39, 0.29) is 13.0 Å². The van der Waals surface area contributed by atoms with E-state index in [1.807, 2.05) is 6.07 Å². The summed E-state index contributed by atoms with van der Waals surface area (Å²) in [6, 6.07) is 5.35. The number of carbonyl (C=O) groups is 1. The molecule has 19 heavy (non-hydrogen) atoms. The molecule has 1 aromatic carbocycles. The summed E-state index contributed by atoms with van der Waals surface area (Å²) >= 11 is 5.32. The maximum Gasteiger partial charge on any atom is 0.411 e. The van der Waals surface area contributed by atoms with Crippen LogP contribution in [0.2, 0.25) is 0 Å². The quantitative estimate of drug-likeness (QED) is 0.543. The Bertz CT molecular complexity index is 454. The van der Waals surface area contributed by atoms with E-state index in [0.717, 1.165) is 8.04 Å². The molecular weight excluding hydrogens is 442 g/mol. The largest absolute Gasteiger partial charge is 0.411 e. The molecule has 1 amide bonds. The van der Waals surface area contributed by atoms with E-state index >= 15 is 0 Å². The SMILES string of the molecule is O=C(CCOCC(F)(F)F)Nc1cc(Br)ccc1I. The van der Waals surface area contributed by atoms with Gasteiger partial charge in [-0.15, -0.1) is 0 Å². The van der Waals surface area contributed by atoms with Crippen LogP contribution in [0.3, 0.4) is 0 Å². The van der Waals surface area contributed by atoms with Crippen LogP contribution in [0.25, 0.3) is 0 Å². The zero-order valence-electron chi connectivity index (χ0n) is 9.56. The molecule has 1 N–H and O–H groups in total. The third-order valence-electron chi connectivity index (χ3n) is 1.94. The maximum absolute atomic E-state index is 11.8. The number of carbonyl (C=O) groups excluding carboxylic acids is 1. The summed E-state index contributed by atoms with van der Waals surface area (Å²) in [7, 11) is 0. The summed E-state index contributed by atoms with van der Waals surface area (Å²) in [5, 5.41) is 2.61. The highest BCUT2D eigenvalue weighted by atomic mass is 127. The molecule has 0 bridgehead atoms. The first-order valence-electron chi connectivity index (χ1n) is 5.17. The molecule has 1 aromatic rings. The number of amides is 1. The molecule has 0 unspecified atom stereocenters. The van der Waals surface area contributed by atoms with Crippen molar-refractivity contribution in [3.63, 3.8) is 0 Å². The zero-order chi connectivity index (χ0) is 14.5. The number of rotatable bonds is 5. The van der Waals surface area contributed by atoms with Gasteiger partial charge in [0.15, 0.2) is 0 Å². The Labute approximate surface area is 130 Å². The van der Waals surface area contributed by atoms with E-state index < -0.39 is 18.7 Å². The number of alkyl halides is 3. The van der Waals surface area contributed by atoms with E-state index in [2.05, 4.69) is 48.6 Å². The third kappa shape index (κ3) is 7.11. The zero-order valence-corrected chi connectivity index (χ0v) is 13.3. The molecule has 0 radical (unpaired) electrons. The van der Waals surface area contributed by atoms with Crippen LogP contribution in [0.4, 0.5) is 18.9 Å². The number of benzene rings is 1. The third-order valence-corrected chi connectivity index (χ3v) is 3.38. The van der Waals surface area contributed by atoms with Gasteiger partial charge < -0.3 is 10.1 Å². The Morgan fingerprint density at radius 2 is 2.11 bits per heavy atom. The van der Waals surface area contributed by atoms with E-state index in [0.29, 0.717) is 5.69 Å². The van der Waals surface area contributed by atoms with Crippen molar-refractivity contribution in [2.75, 3.05) is 18.5 Å². The highest BCUT2D eigenvalue weighted by Gasteiger charge is 2.27. The highest BCUT2D eigenvalue weighted by Crippen LogP contribution is 2.23. The van der Waals surface area contributed by atoms with Crippen molar-refractivity contribution in [3.8, 4) is 0 Å². The molecule has 0 atom stereocenters. The summed E-state index contributed by atoms with van der Waals surface area (Å²) < 4.78 is 41.4. The fourth-order valence-electron chi connectivity index (χ4n) is 1.16. The first-order valence-corrected chi connectivity index (χ1v) is 7.04. The summed E-state index contributed by atoms with van der Waals surface area (Å²) in [5.74, 6) is -0.391. The molecule has 0 aliphatic rings. The van der Waals surface area contributed by atoms with Crippen LogP contribution in [0.15, 0.2) is 22.7 Å². The monoisotopic (exact) mass is 451 g/mol. The van der Waals surface area contributed by atoms with Gasteiger partial charge in [0.2, 0.25) is 5.91 Å². The van der Waals surface area contributed by atoms with E-state index in [4.69, 9.17) is 0 Å². The van der Waals surface area contributed by atoms with Crippen molar-refractivity contribution in [2.24, 2.45) is 0 Å². The minimum absolute atomic E-state index is 0.126. The lowest BCUT2D eigenvalue weighted by Crippen LogP contribution is -2.20. The van der Waals surface area contributed by atoms with Crippen molar-refractivity contribution in [3.05, 3.63) is 26.2 Å². The number of halogens is 5. The summed E-state index contributed by atoms with van der Waals surface area (Å²) in [5.41, 5.74) is 0.607. The van der Waals surface area contributed by atoms with E-state index in [1.165, 1.54) is 0 Å². The van der Waals surface area contributed by atoms with Crippen LogP contribution in [-0.4, -0.2) is 25.3 Å². The van der Waals surface area contributed by atoms with Crippen LogP contribution in [-0.2, 0) is 9.53 Å². The van der Waals surface area contributed by atoms with Gasteiger partial charge in [-0.2, -0.15) is 13.2 Å². The van der Waals surface area contributed by atoms with Gasteiger partial charge in [0.05, 0.1) is 18.7 Å². The lowest BCUT2D eigenvalue weighted by molar-refractivity contribution is -0.174. The Hall–Kier alpha value is -0.350. The number of ether oxygens (including phenoxy) is 1. The summed E-state index contributed by atoms with van der Waals surface area (Å²) in [6.45, 7) is -1.61. The lowest BCUT2D eigenvalue weighted by Gasteiger charge is -2.09. The average Bonchev–Trinajstić information content (AvgIpc) is 2.28. The highest BCUT2D eigenvalue weighted by molar-refractivity contribution is 14.1. The Balaban J connectivity index is 2.37. The lowest BCUT2D eigenvalue weighted by atomic mass is 10.3. The molecular formula is C11H10BrF3INO2. The minimum atomic E-state index is -4.36. The molecule has 0 spiro atoms. The Morgan fingerprint density at radius 3 is 2.74 bits per heavy atom. The molecule has 0 fully saturated rings. The fraction of sp³-hybridized carbons (Fsp3) is 0.364. The molecule has 0 aliphatic heterocycles. The predicted molar refractivity (Wildman–Crippen MR) is 77.0 cm³/mol. The van der Waals surface area contributed by atoms with Crippen molar-refractivity contribution in [2.45, 2.75) is 12.6 Å². The van der Waals surface area contributed by atoms with Gasteiger partial charge in [-0.1, -0.05) is 15.9 Å². The minimum Gasteiger partial charge on any atom is -0.372 e. The predicted octanol–water partition coefficient (Wildman–Crippen LogP) is 3.96. The second kappa shape index (κ2) is 7.44. The van der Waals surface area contributed by atoms with Gasteiger partial charge in [0, 0.05) is 8.04 Å². The number of hydrogen-bond acceptors (Lipinski definition) is 2. The van der Waals surface area contributed by atoms with Gasteiger partial charge in [0.1, 0.15) is 6.61 Å². The smallest absolute Gasteiger partial charge is 0.372 e. The van der Waals surface area contributed by atoms with Crippen molar-refractivity contribution >= 4 is 50.1 Å². The van der Waals surface area contributed by atoms with Crippen LogP contribution in [0, 0.1) is 3.57 Å². The topological polar surface area (TPSA) is 38.3 Å². The first kappa shape index (κ1) is 16.7. The summed E-state index contributed by atoms with van der Waals surface area (Å²) in [4.78, 5) is 11.5. The molecule has 0 aliphatic carbocycles. The van der Waals surface area contributed by atoms with E-state index in [1.54, 1.807) is 12.1 Å². The van der Waals surface area contributed by atoms with Crippen molar-refractivity contribution in [1.29, 1.82) is 0 Å². The number of hydrogen-bond donors (Lipinski definition) is 1. The van der Waals surface area contributed by atoms with Gasteiger partial charge in [-0.3, -0.25) is 4.79 Å². The van der Waals surface area contributed by atoms with Crippen LogP contribution in [0.1, 0.15) is 6.42 Å². The van der Waals surface area contributed by atoms with Gasteiger partial charge in [-0.05, 0) is 40.8 Å². The molecule has 0 aromatic heterocycles. The fourth-order valence-corrected chi connectivity index (χ4v) is 1.99.